The van der Waals surface area contributed by atoms with Crippen LogP contribution in [0.25, 0.3) is 0 Å². The first-order valence-corrected chi connectivity index (χ1v) is 6.08. The van der Waals surface area contributed by atoms with Crippen LogP contribution in [0.3, 0.4) is 0 Å². The van der Waals surface area contributed by atoms with E-state index in [0.29, 0.717) is 5.13 Å². The highest BCUT2D eigenvalue weighted by atomic mass is 32.1. The highest BCUT2D eigenvalue weighted by molar-refractivity contribution is 7.09. The number of aromatic nitrogens is 3. The maximum absolute atomic E-state index is 11.7. The van der Waals surface area contributed by atoms with Crippen LogP contribution in [-0.2, 0) is 4.79 Å². The van der Waals surface area contributed by atoms with E-state index in [0.717, 1.165) is 30.8 Å². The molecule has 0 radical (unpaired) electrons. The van der Waals surface area contributed by atoms with E-state index in [4.69, 9.17) is 5.73 Å². The van der Waals surface area contributed by atoms with Crippen molar-refractivity contribution in [3.8, 4) is 0 Å². The summed E-state index contributed by atoms with van der Waals surface area (Å²) in [7, 11) is 0. The van der Waals surface area contributed by atoms with E-state index in [1.54, 1.807) is 0 Å². The number of hydrogen-bond donors (Lipinski definition) is 2. The van der Waals surface area contributed by atoms with Gasteiger partial charge in [0.2, 0.25) is 11.0 Å². The van der Waals surface area contributed by atoms with E-state index in [-0.39, 0.29) is 17.9 Å². The lowest BCUT2D eigenvalue weighted by Gasteiger charge is -2.10. The van der Waals surface area contributed by atoms with Crippen LogP contribution in [0, 0.1) is 5.92 Å². The summed E-state index contributed by atoms with van der Waals surface area (Å²) >= 11 is 1.07. The molecule has 1 aromatic rings. The Morgan fingerprint density at radius 1 is 1.50 bits per heavy atom. The average molecular weight is 243 g/mol. The number of carbonyl (C=O) groups is 1. The molecule has 0 aromatic carbocycles. The lowest BCUT2D eigenvalue weighted by Crippen LogP contribution is -2.21. The maximum atomic E-state index is 11.7. The van der Waals surface area contributed by atoms with Gasteiger partial charge in [-0.25, -0.2) is 0 Å². The van der Waals surface area contributed by atoms with Crippen LogP contribution in [0.4, 0.5) is 5.13 Å². The number of nitrogens with zero attached hydrogens (tertiary/aromatic N) is 3. The number of rotatable bonds is 6. The van der Waals surface area contributed by atoms with Gasteiger partial charge in [-0.15, -0.1) is 0 Å². The molecule has 0 bridgehead atoms. The summed E-state index contributed by atoms with van der Waals surface area (Å²) in [6.45, 7) is 3.86. The van der Waals surface area contributed by atoms with Gasteiger partial charge < -0.3 is 5.73 Å². The normalized spacial score (nSPS) is 14.4. The van der Waals surface area contributed by atoms with Crippen molar-refractivity contribution >= 4 is 22.6 Å². The van der Waals surface area contributed by atoms with Gasteiger partial charge in [-0.05, 0) is 25.0 Å². The van der Waals surface area contributed by atoms with E-state index in [1.807, 2.05) is 13.8 Å². The van der Waals surface area contributed by atoms with Crippen molar-refractivity contribution in [2.75, 3.05) is 5.32 Å². The second-order valence-electron chi connectivity index (χ2n) is 3.97. The SMILES string of the molecule is CC(N)CCCC(C)C(=O)Nc1nnns1. The molecule has 0 aliphatic carbocycles. The Hall–Kier alpha value is -1.08. The van der Waals surface area contributed by atoms with Gasteiger partial charge in [-0.2, -0.15) is 0 Å². The van der Waals surface area contributed by atoms with E-state index >= 15 is 0 Å². The van der Waals surface area contributed by atoms with Gasteiger partial charge in [0.15, 0.2) is 0 Å². The van der Waals surface area contributed by atoms with Crippen LogP contribution in [0.1, 0.15) is 33.1 Å². The molecule has 0 saturated heterocycles. The predicted octanol–water partition coefficient (Wildman–Crippen LogP) is 1.03. The Morgan fingerprint density at radius 3 is 2.81 bits per heavy atom. The Kier molecular flexibility index (Phi) is 5.27. The van der Waals surface area contributed by atoms with Gasteiger partial charge in [0.25, 0.3) is 0 Å². The number of nitrogens with one attached hydrogen (secondary N) is 1. The van der Waals surface area contributed by atoms with Crippen LogP contribution >= 0.6 is 11.5 Å². The van der Waals surface area contributed by atoms with E-state index in [2.05, 4.69) is 20.1 Å². The third-order valence-electron chi connectivity index (χ3n) is 2.27. The zero-order valence-corrected chi connectivity index (χ0v) is 10.3. The molecule has 6 nitrogen and oxygen atoms in total. The molecule has 1 aromatic heterocycles. The molecule has 90 valence electrons. The third kappa shape index (κ3) is 4.63. The lowest BCUT2D eigenvalue weighted by atomic mass is 10.0. The van der Waals surface area contributed by atoms with Crippen molar-refractivity contribution in [3.05, 3.63) is 0 Å². The highest BCUT2D eigenvalue weighted by Gasteiger charge is 2.14. The Morgan fingerprint density at radius 2 is 2.25 bits per heavy atom. The highest BCUT2D eigenvalue weighted by Crippen LogP contribution is 2.12. The average Bonchev–Trinajstić information content (AvgIpc) is 2.69. The zero-order valence-electron chi connectivity index (χ0n) is 9.51. The van der Waals surface area contributed by atoms with Gasteiger partial charge in [-0.3, -0.25) is 10.1 Å². The largest absolute Gasteiger partial charge is 0.328 e. The fraction of sp³-hybridized carbons (Fsp3) is 0.778. The van der Waals surface area contributed by atoms with Gasteiger partial charge in [0.05, 0.1) is 0 Å². The molecule has 16 heavy (non-hydrogen) atoms. The van der Waals surface area contributed by atoms with Crippen LogP contribution in [-0.4, -0.2) is 26.7 Å². The molecule has 0 saturated carbocycles. The number of amides is 1. The second kappa shape index (κ2) is 6.49. The lowest BCUT2D eigenvalue weighted by molar-refractivity contribution is -0.119. The van der Waals surface area contributed by atoms with Crippen LogP contribution in [0.2, 0.25) is 0 Å². The molecule has 7 heteroatoms. The first-order chi connectivity index (χ1) is 7.59. The Labute approximate surface area is 98.8 Å². The minimum Gasteiger partial charge on any atom is -0.328 e. The smallest absolute Gasteiger partial charge is 0.231 e. The van der Waals surface area contributed by atoms with Crippen molar-refractivity contribution < 1.29 is 4.79 Å². The predicted molar refractivity (Wildman–Crippen MR) is 63.0 cm³/mol. The van der Waals surface area contributed by atoms with E-state index in [9.17, 15) is 4.79 Å². The standard InChI is InChI=1S/C9H17N5OS/c1-6(4-3-5-7(2)10)8(15)11-9-12-13-14-16-9/h6-7H,3-5,10H2,1-2H3,(H,11,12,14,15). The van der Waals surface area contributed by atoms with Crippen molar-refractivity contribution in [3.63, 3.8) is 0 Å². The topological polar surface area (TPSA) is 93.8 Å². The summed E-state index contributed by atoms with van der Waals surface area (Å²) in [5, 5.41) is 10.2. The van der Waals surface area contributed by atoms with Crippen molar-refractivity contribution in [2.45, 2.75) is 39.2 Å². The second-order valence-corrected chi connectivity index (χ2v) is 4.70. The minimum absolute atomic E-state index is 0.0387. The fourth-order valence-corrected chi connectivity index (χ4v) is 1.66. The Balaban J connectivity index is 2.25. The van der Waals surface area contributed by atoms with Gasteiger partial charge >= 0.3 is 0 Å². The zero-order chi connectivity index (χ0) is 12.0. The molecular weight excluding hydrogens is 226 g/mol. The third-order valence-corrected chi connectivity index (χ3v) is 2.79. The molecule has 2 unspecified atom stereocenters. The quantitative estimate of drug-likeness (QED) is 0.778. The summed E-state index contributed by atoms with van der Waals surface area (Å²) in [6.07, 6.45) is 2.73. The van der Waals surface area contributed by atoms with E-state index in [1.165, 1.54) is 0 Å². The summed E-state index contributed by atoms with van der Waals surface area (Å²) in [4.78, 5) is 11.7. The van der Waals surface area contributed by atoms with Crippen LogP contribution < -0.4 is 11.1 Å². The summed E-state index contributed by atoms with van der Waals surface area (Å²) < 4.78 is 3.57. The maximum Gasteiger partial charge on any atom is 0.231 e. The molecule has 1 rings (SSSR count). The molecular formula is C9H17N5OS. The van der Waals surface area contributed by atoms with Gasteiger partial charge in [0, 0.05) is 23.5 Å². The molecule has 1 heterocycles. The number of carbonyl (C=O) groups excluding carboxylic acids is 1. The van der Waals surface area contributed by atoms with Gasteiger partial charge in [0.1, 0.15) is 0 Å². The molecule has 0 fully saturated rings. The monoisotopic (exact) mass is 243 g/mol. The molecule has 0 spiro atoms. The van der Waals surface area contributed by atoms with E-state index < -0.39 is 0 Å². The number of anilines is 1. The van der Waals surface area contributed by atoms with Crippen molar-refractivity contribution in [1.29, 1.82) is 0 Å². The first-order valence-electron chi connectivity index (χ1n) is 5.31. The van der Waals surface area contributed by atoms with Crippen LogP contribution in [0.5, 0.6) is 0 Å². The van der Waals surface area contributed by atoms with Crippen LogP contribution in [0.15, 0.2) is 0 Å². The number of hydrogen-bond acceptors (Lipinski definition) is 6. The van der Waals surface area contributed by atoms with Gasteiger partial charge in [-0.1, -0.05) is 22.9 Å². The molecule has 2 atom stereocenters. The molecule has 3 N–H and O–H groups in total. The summed E-state index contributed by atoms with van der Waals surface area (Å²) in [6, 6.07) is 0.197. The van der Waals surface area contributed by atoms with Crippen molar-refractivity contribution in [2.24, 2.45) is 11.7 Å². The Bertz CT molecular complexity index is 314. The summed E-state index contributed by atoms with van der Waals surface area (Å²) in [5.41, 5.74) is 5.64. The fourth-order valence-electron chi connectivity index (χ4n) is 1.29. The van der Waals surface area contributed by atoms with Crippen molar-refractivity contribution in [1.82, 2.24) is 14.8 Å². The molecule has 0 aliphatic heterocycles. The summed E-state index contributed by atoms with van der Waals surface area (Å²) in [5.74, 6) is -0.0779. The number of nitrogens with two attached hydrogens (primary N) is 1. The molecule has 1 amide bonds. The minimum atomic E-state index is -0.0392. The molecule has 0 aliphatic rings. The first kappa shape index (κ1) is 13.0.